The summed E-state index contributed by atoms with van der Waals surface area (Å²) in [6.07, 6.45) is 2.58. The summed E-state index contributed by atoms with van der Waals surface area (Å²) in [5.41, 5.74) is 0. The fourth-order valence-corrected chi connectivity index (χ4v) is 2.07. The summed E-state index contributed by atoms with van der Waals surface area (Å²) in [6, 6.07) is -0.214. The van der Waals surface area contributed by atoms with Gasteiger partial charge in [-0.3, -0.25) is 4.79 Å². The largest absolute Gasteiger partial charge is 0.473 e. The molecule has 2 rings (SSSR count). The van der Waals surface area contributed by atoms with Crippen LogP contribution in [-0.2, 0) is 4.79 Å². The molecule has 1 aromatic heterocycles. The molecule has 100 valence electrons. The molecule has 2 heterocycles. The van der Waals surface area contributed by atoms with E-state index in [0.717, 1.165) is 31.1 Å². The highest BCUT2D eigenvalue weighted by Gasteiger charge is 2.22. The Bertz CT molecular complexity index is 373. The predicted molar refractivity (Wildman–Crippen MR) is 65.4 cm³/mol. The van der Waals surface area contributed by atoms with Gasteiger partial charge in [0.25, 0.3) is 0 Å². The van der Waals surface area contributed by atoms with Crippen molar-refractivity contribution < 1.29 is 14.6 Å². The van der Waals surface area contributed by atoms with Crippen molar-refractivity contribution in [2.45, 2.75) is 25.0 Å². The van der Waals surface area contributed by atoms with Crippen molar-refractivity contribution in [1.29, 1.82) is 0 Å². The highest BCUT2D eigenvalue weighted by Crippen LogP contribution is 2.06. The summed E-state index contributed by atoms with van der Waals surface area (Å²) in [7, 11) is 0. The van der Waals surface area contributed by atoms with Crippen molar-refractivity contribution in [3.63, 3.8) is 0 Å². The van der Waals surface area contributed by atoms with Gasteiger partial charge in [0.1, 0.15) is 18.9 Å². The molecule has 1 amide bonds. The van der Waals surface area contributed by atoms with Gasteiger partial charge in [0.05, 0.1) is 17.8 Å². The van der Waals surface area contributed by atoms with Gasteiger partial charge < -0.3 is 20.5 Å². The molecule has 18 heavy (non-hydrogen) atoms. The molecule has 1 aliphatic heterocycles. The average molecular weight is 272 g/mol. The molecular weight excluding hydrogens is 256 g/mol. The van der Waals surface area contributed by atoms with Gasteiger partial charge >= 0.3 is 0 Å². The van der Waals surface area contributed by atoms with E-state index in [1.807, 2.05) is 0 Å². The van der Waals surface area contributed by atoms with Crippen molar-refractivity contribution in [3.05, 3.63) is 6.20 Å². The third kappa shape index (κ3) is 3.90. The normalized spacial score (nSPS) is 21.4. The lowest BCUT2D eigenvalue weighted by Crippen LogP contribution is -2.50. The Kier molecular flexibility index (Phi) is 4.85. The topological polar surface area (TPSA) is 96.4 Å². The molecule has 1 saturated heterocycles. The van der Waals surface area contributed by atoms with Crippen LogP contribution in [0.2, 0.25) is 0 Å². The van der Waals surface area contributed by atoms with Crippen LogP contribution in [0.3, 0.4) is 0 Å². The molecule has 8 heteroatoms. The highest BCUT2D eigenvalue weighted by atomic mass is 32.1. The number of carbonyl (C=O) groups is 1. The molecule has 3 N–H and O–H groups in total. The lowest BCUT2D eigenvalue weighted by molar-refractivity contribution is -0.124. The standard InChI is InChI=1S/C10H16N4O3S/c15-7(6-17-9-5-13-18-14-9)4-12-8-2-1-3-11-10(8)16/h5,7-8,12,15H,1-4,6H2,(H,11,16). The molecule has 2 atom stereocenters. The molecule has 0 spiro atoms. The number of aliphatic hydroxyl groups is 1. The van der Waals surface area contributed by atoms with E-state index in [1.54, 1.807) is 0 Å². The number of piperidine rings is 1. The molecule has 1 aliphatic rings. The number of aliphatic hydroxyl groups excluding tert-OH is 1. The van der Waals surface area contributed by atoms with E-state index in [2.05, 4.69) is 19.4 Å². The summed E-state index contributed by atoms with van der Waals surface area (Å²) < 4.78 is 12.9. The smallest absolute Gasteiger partial charge is 0.245 e. The van der Waals surface area contributed by atoms with Gasteiger partial charge in [-0.05, 0) is 12.8 Å². The molecule has 0 aromatic carbocycles. The quantitative estimate of drug-likeness (QED) is 0.624. The van der Waals surface area contributed by atoms with Crippen LogP contribution in [0.15, 0.2) is 6.20 Å². The third-order valence-electron chi connectivity index (χ3n) is 2.65. The molecule has 0 radical (unpaired) electrons. The predicted octanol–water partition coefficient (Wildman–Crippen LogP) is -0.854. The number of rotatable bonds is 6. The Balaban J connectivity index is 1.64. The number of aromatic nitrogens is 2. The highest BCUT2D eigenvalue weighted by molar-refractivity contribution is 6.99. The minimum absolute atomic E-state index is 0.00179. The Labute approximate surface area is 109 Å². The zero-order valence-corrected chi connectivity index (χ0v) is 10.7. The Morgan fingerprint density at radius 1 is 1.72 bits per heavy atom. The summed E-state index contributed by atoms with van der Waals surface area (Å²) in [5, 5.41) is 15.5. The van der Waals surface area contributed by atoms with Crippen molar-refractivity contribution in [3.8, 4) is 5.88 Å². The molecular formula is C10H16N4O3S. The van der Waals surface area contributed by atoms with Crippen LogP contribution in [0.25, 0.3) is 0 Å². The Morgan fingerprint density at radius 2 is 2.61 bits per heavy atom. The molecule has 0 saturated carbocycles. The lowest BCUT2D eigenvalue weighted by atomic mass is 10.1. The van der Waals surface area contributed by atoms with Crippen LogP contribution in [0.5, 0.6) is 5.88 Å². The first-order valence-electron chi connectivity index (χ1n) is 5.85. The first-order chi connectivity index (χ1) is 8.75. The molecule has 1 aromatic rings. The Hall–Kier alpha value is -1.25. The maximum Gasteiger partial charge on any atom is 0.245 e. The average Bonchev–Trinajstić information content (AvgIpc) is 2.88. The van der Waals surface area contributed by atoms with Crippen LogP contribution in [-0.4, -0.2) is 51.6 Å². The van der Waals surface area contributed by atoms with Gasteiger partial charge in [-0.1, -0.05) is 0 Å². The van der Waals surface area contributed by atoms with Crippen molar-refractivity contribution >= 4 is 17.6 Å². The third-order valence-corrected chi connectivity index (χ3v) is 3.11. The first kappa shape index (κ1) is 13.2. The maximum absolute atomic E-state index is 11.4. The molecule has 0 bridgehead atoms. The van der Waals surface area contributed by atoms with Crippen LogP contribution in [0.1, 0.15) is 12.8 Å². The van der Waals surface area contributed by atoms with E-state index >= 15 is 0 Å². The fraction of sp³-hybridized carbons (Fsp3) is 0.700. The van der Waals surface area contributed by atoms with Crippen LogP contribution in [0.4, 0.5) is 0 Å². The van der Waals surface area contributed by atoms with E-state index < -0.39 is 6.10 Å². The number of nitrogens with zero attached hydrogens (tertiary/aromatic N) is 2. The van der Waals surface area contributed by atoms with E-state index in [0.29, 0.717) is 12.4 Å². The number of hydrogen-bond acceptors (Lipinski definition) is 7. The van der Waals surface area contributed by atoms with Crippen LogP contribution in [0, 0.1) is 0 Å². The van der Waals surface area contributed by atoms with E-state index in [4.69, 9.17) is 4.74 Å². The summed E-state index contributed by atoms with van der Waals surface area (Å²) >= 11 is 1.05. The summed E-state index contributed by atoms with van der Waals surface area (Å²) in [4.78, 5) is 11.4. The van der Waals surface area contributed by atoms with Gasteiger partial charge in [0.15, 0.2) is 0 Å². The molecule has 0 aliphatic carbocycles. The zero-order chi connectivity index (χ0) is 12.8. The first-order valence-corrected chi connectivity index (χ1v) is 6.58. The van der Waals surface area contributed by atoms with Gasteiger partial charge in [0, 0.05) is 13.1 Å². The van der Waals surface area contributed by atoms with Gasteiger partial charge in [-0.2, -0.15) is 4.37 Å². The zero-order valence-electron chi connectivity index (χ0n) is 9.83. The monoisotopic (exact) mass is 272 g/mol. The van der Waals surface area contributed by atoms with Crippen molar-refractivity contribution in [2.75, 3.05) is 19.7 Å². The molecule has 7 nitrogen and oxygen atoms in total. The van der Waals surface area contributed by atoms with Crippen LogP contribution >= 0.6 is 11.7 Å². The minimum atomic E-state index is -0.679. The van der Waals surface area contributed by atoms with Crippen molar-refractivity contribution in [2.24, 2.45) is 0 Å². The minimum Gasteiger partial charge on any atom is -0.473 e. The van der Waals surface area contributed by atoms with Gasteiger partial charge in [-0.25, -0.2) is 0 Å². The van der Waals surface area contributed by atoms with E-state index in [9.17, 15) is 9.90 Å². The second-order valence-electron chi connectivity index (χ2n) is 4.10. The molecule has 1 fully saturated rings. The number of ether oxygens (including phenoxy) is 1. The fourth-order valence-electron chi connectivity index (χ4n) is 1.71. The summed E-state index contributed by atoms with van der Waals surface area (Å²) in [6.45, 7) is 1.18. The van der Waals surface area contributed by atoms with Crippen molar-refractivity contribution in [1.82, 2.24) is 19.4 Å². The maximum atomic E-state index is 11.4. The van der Waals surface area contributed by atoms with Gasteiger partial charge in [-0.15, -0.1) is 4.37 Å². The Morgan fingerprint density at radius 3 is 3.33 bits per heavy atom. The second-order valence-corrected chi connectivity index (χ2v) is 4.66. The molecule has 2 unspecified atom stereocenters. The van der Waals surface area contributed by atoms with E-state index in [1.165, 1.54) is 6.20 Å². The number of hydrogen-bond donors (Lipinski definition) is 3. The second kappa shape index (κ2) is 6.62. The number of carbonyl (C=O) groups excluding carboxylic acids is 1. The number of amides is 1. The lowest BCUT2D eigenvalue weighted by Gasteiger charge is -2.24. The summed E-state index contributed by atoms with van der Waals surface area (Å²) in [5.74, 6) is 0.410. The van der Waals surface area contributed by atoms with Crippen LogP contribution < -0.4 is 15.4 Å². The number of nitrogens with one attached hydrogen (secondary N) is 2. The van der Waals surface area contributed by atoms with E-state index in [-0.39, 0.29) is 18.6 Å². The van der Waals surface area contributed by atoms with Gasteiger partial charge in [0.2, 0.25) is 11.8 Å². The SMILES string of the molecule is O=C1NCCCC1NCC(O)COc1cnsn1.